The van der Waals surface area contributed by atoms with Crippen molar-refractivity contribution in [3.63, 3.8) is 0 Å². The van der Waals surface area contributed by atoms with Crippen molar-refractivity contribution in [2.45, 2.75) is 55.3 Å². The van der Waals surface area contributed by atoms with Crippen molar-refractivity contribution in [3.05, 3.63) is 0 Å². The molecule has 2 heterocycles. The third kappa shape index (κ3) is 3.51. The molecule has 0 amide bonds. The molecular formula is C11H20O10. The quantitative estimate of drug-likeness (QED) is 0.268. The standard InChI is InChI=1S/C11H20O10/c12-3-1-19-11(9(17)5(3)13)20-2-4-6(14)7(15)8(16)10(18)21-4/h3-18H,1-2H2/t3-,4+,5-,6-,7-,8-,9-,10+,11-/m1/s1. The second-order valence-electron chi connectivity index (χ2n) is 5.12. The van der Waals surface area contributed by atoms with Crippen LogP contribution in [0.3, 0.4) is 0 Å². The SMILES string of the molecule is O[C@H]1[C@@H](O)[C@@H](O)O[C@@H](CO[C@H]2OC[C@@H](O)[C@@H](O)[C@H]2O)[C@H]1O. The van der Waals surface area contributed by atoms with Gasteiger partial charge in [-0.1, -0.05) is 0 Å². The first-order chi connectivity index (χ1) is 9.82. The lowest BCUT2D eigenvalue weighted by Gasteiger charge is -2.40. The third-order valence-corrected chi connectivity index (χ3v) is 3.57. The van der Waals surface area contributed by atoms with Crippen molar-refractivity contribution < 1.29 is 50.0 Å². The number of hydrogen-bond donors (Lipinski definition) is 7. The van der Waals surface area contributed by atoms with Crippen LogP contribution in [-0.4, -0.2) is 104 Å². The molecule has 0 bridgehead atoms. The highest BCUT2D eigenvalue weighted by Gasteiger charge is 2.44. The Morgan fingerprint density at radius 1 is 0.810 bits per heavy atom. The lowest BCUT2D eigenvalue weighted by atomic mass is 9.99. The van der Waals surface area contributed by atoms with Gasteiger partial charge in [-0.25, -0.2) is 0 Å². The fraction of sp³-hybridized carbons (Fsp3) is 1.00. The van der Waals surface area contributed by atoms with Gasteiger partial charge in [-0.3, -0.25) is 0 Å². The zero-order valence-corrected chi connectivity index (χ0v) is 11.0. The maximum atomic E-state index is 9.70. The normalized spacial score (nSPS) is 51.9. The van der Waals surface area contributed by atoms with Crippen LogP contribution in [0.4, 0.5) is 0 Å². The van der Waals surface area contributed by atoms with Gasteiger partial charge in [-0.05, 0) is 0 Å². The fourth-order valence-corrected chi connectivity index (χ4v) is 2.18. The van der Waals surface area contributed by atoms with Crippen LogP contribution < -0.4 is 0 Å². The van der Waals surface area contributed by atoms with E-state index in [1.54, 1.807) is 0 Å². The number of aliphatic hydroxyl groups excluding tert-OH is 7. The second kappa shape index (κ2) is 6.79. The molecule has 2 saturated heterocycles. The second-order valence-corrected chi connectivity index (χ2v) is 5.12. The van der Waals surface area contributed by atoms with Crippen LogP contribution in [0.5, 0.6) is 0 Å². The molecule has 0 aromatic carbocycles. The number of hydrogen-bond acceptors (Lipinski definition) is 10. The predicted octanol–water partition coefficient (Wildman–Crippen LogP) is -4.76. The maximum Gasteiger partial charge on any atom is 0.186 e. The molecule has 7 N–H and O–H groups in total. The van der Waals surface area contributed by atoms with Crippen LogP contribution in [0.1, 0.15) is 0 Å². The van der Waals surface area contributed by atoms with Crippen molar-refractivity contribution in [1.82, 2.24) is 0 Å². The first kappa shape index (κ1) is 17.0. The van der Waals surface area contributed by atoms with Gasteiger partial charge in [-0.2, -0.15) is 0 Å². The number of aliphatic hydroxyl groups is 7. The molecule has 0 aromatic rings. The molecule has 0 aromatic heterocycles. The van der Waals surface area contributed by atoms with Crippen molar-refractivity contribution in [3.8, 4) is 0 Å². The summed E-state index contributed by atoms with van der Waals surface area (Å²) in [4.78, 5) is 0. The monoisotopic (exact) mass is 312 g/mol. The van der Waals surface area contributed by atoms with Crippen molar-refractivity contribution in [1.29, 1.82) is 0 Å². The lowest BCUT2D eigenvalue weighted by molar-refractivity contribution is -0.312. The van der Waals surface area contributed by atoms with Crippen LogP contribution in [0, 0.1) is 0 Å². The van der Waals surface area contributed by atoms with Crippen molar-refractivity contribution in [2.75, 3.05) is 13.2 Å². The average Bonchev–Trinajstić information content (AvgIpc) is 2.46. The van der Waals surface area contributed by atoms with E-state index in [1.807, 2.05) is 0 Å². The van der Waals surface area contributed by atoms with Gasteiger partial charge in [0.05, 0.1) is 13.2 Å². The highest BCUT2D eigenvalue weighted by Crippen LogP contribution is 2.22. The Morgan fingerprint density at radius 3 is 2.14 bits per heavy atom. The third-order valence-electron chi connectivity index (χ3n) is 3.57. The maximum absolute atomic E-state index is 9.70. The van der Waals surface area contributed by atoms with Gasteiger partial charge in [0.15, 0.2) is 12.6 Å². The van der Waals surface area contributed by atoms with E-state index in [1.165, 1.54) is 0 Å². The average molecular weight is 312 g/mol. The molecule has 21 heavy (non-hydrogen) atoms. The van der Waals surface area contributed by atoms with Gasteiger partial charge in [-0.15, -0.1) is 0 Å². The molecule has 2 fully saturated rings. The summed E-state index contributed by atoms with van der Waals surface area (Å²) >= 11 is 0. The smallest absolute Gasteiger partial charge is 0.186 e. The van der Waals surface area contributed by atoms with E-state index in [9.17, 15) is 35.7 Å². The molecule has 0 aliphatic carbocycles. The summed E-state index contributed by atoms with van der Waals surface area (Å²) < 4.78 is 15.0. The summed E-state index contributed by atoms with van der Waals surface area (Å²) in [6.45, 7) is -0.631. The zero-order valence-electron chi connectivity index (χ0n) is 11.0. The van der Waals surface area contributed by atoms with Gasteiger partial charge in [0.1, 0.15) is 42.7 Å². The zero-order chi connectivity index (χ0) is 15.7. The van der Waals surface area contributed by atoms with Gasteiger partial charge in [0.25, 0.3) is 0 Å². The van der Waals surface area contributed by atoms with E-state index in [2.05, 4.69) is 0 Å². The minimum Gasteiger partial charge on any atom is -0.388 e. The molecule has 0 unspecified atom stereocenters. The molecule has 2 aliphatic heterocycles. The van der Waals surface area contributed by atoms with Crippen LogP contribution in [0.15, 0.2) is 0 Å². The predicted molar refractivity (Wildman–Crippen MR) is 62.6 cm³/mol. The molecule has 9 atom stereocenters. The van der Waals surface area contributed by atoms with Crippen LogP contribution in [-0.2, 0) is 14.2 Å². The molecule has 10 nitrogen and oxygen atoms in total. The molecule has 124 valence electrons. The Kier molecular flexibility index (Phi) is 5.48. The van der Waals surface area contributed by atoms with E-state index < -0.39 is 55.3 Å². The summed E-state index contributed by atoms with van der Waals surface area (Å²) in [6, 6.07) is 0. The van der Waals surface area contributed by atoms with E-state index >= 15 is 0 Å². The van der Waals surface area contributed by atoms with Crippen LogP contribution >= 0.6 is 0 Å². The highest BCUT2D eigenvalue weighted by molar-refractivity contribution is 4.89. The van der Waals surface area contributed by atoms with Gasteiger partial charge in [0.2, 0.25) is 0 Å². The van der Waals surface area contributed by atoms with E-state index in [4.69, 9.17) is 14.2 Å². The van der Waals surface area contributed by atoms with Crippen LogP contribution in [0.2, 0.25) is 0 Å². The Morgan fingerprint density at radius 2 is 1.48 bits per heavy atom. The van der Waals surface area contributed by atoms with Gasteiger partial charge < -0.3 is 50.0 Å². The van der Waals surface area contributed by atoms with Crippen LogP contribution in [0.25, 0.3) is 0 Å². The molecule has 0 radical (unpaired) electrons. The fourth-order valence-electron chi connectivity index (χ4n) is 2.18. The molecule has 0 spiro atoms. The summed E-state index contributed by atoms with van der Waals surface area (Å²) in [5.41, 5.74) is 0. The summed E-state index contributed by atoms with van der Waals surface area (Å²) in [7, 11) is 0. The largest absolute Gasteiger partial charge is 0.388 e. The number of rotatable bonds is 3. The minimum atomic E-state index is -1.69. The minimum absolute atomic E-state index is 0.249. The van der Waals surface area contributed by atoms with E-state index in [-0.39, 0.29) is 13.2 Å². The Balaban J connectivity index is 1.88. The van der Waals surface area contributed by atoms with Crippen molar-refractivity contribution >= 4 is 0 Å². The molecule has 2 aliphatic rings. The van der Waals surface area contributed by atoms with Crippen molar-refractivity contribution in [2.24, 2.45) is 0 Å². The van der Waals surface area contributed by atoms with E-state index in [0.717, 1.165) is 0 Å². The first-order valence-corrected chi connectivity index (χ1v) is 6.48. The molecule has 2 rings (SSSR count). The summed E-state index contributed by atoms with van der Waals surface area (Å²) in [6.07, 6.45) is -13.1. The van der Waals surface area contributed by atoms with Gasteiger partial charge >= 0.3 is 0 Å². The lowest BCUT2D eigenvalue weighted by Crippen LogP contribution is -2.59. The molecular weight excluding hydrogens is 292 g/mol. The molecule has 10 heteroatoms. The van der Waals surface area contributed by atoms with E-state index in [0.29, 0.717) is 0 Å². The summed E-state index contributed by atoms with van der Waals surface area (Å²) in [5, 5.41) is 66.2. The topological polar surface area (TPSA) is 169 Å². The Labute approximate surface area is 119 Å². The first-order valence-electron chi connectivity index (χ1n) is 6.48. The Bertz CT molecular complexity index is 341. The summed E-state index contributed by atoms with van der Waals surface area (Å²) in [5.74, 6) is 0. The number of ether oxygens (including phenoxy) is 3. The Hall–Kier alpha value is -0.400. The highest BCUT2D eigenvalue weighted by atomic mass is 16.7. The molecule has 0 saturated carbocycles. The van der Waals surface area contributed by atoms with Gasteiger partial charge in [0, 0.05) is 0 Å².